The minimum absolute atomic E-state index is 0.912. The van der Waals surface area contributed by atoms with Crippen molar-refractivity contribution in [2.75, 3.05) is 13.1 Å². The van der Waals surface area contributed by atoms with Crippen LogP contribution in [-0.2, 0) is 6.54 Å². The highest BCUT2D eigenvalue weighted by atomic mass is 79.9. The first-order valence-electron chi connectivity index (χ1n) is 4.17. The van der Waals surface area contributed by atoms with E-state index in [1.165, 1.54) is 25.1 Å². The maximum absolute atomic E-state index is 4.18. The molecule has 1 aromatic rings. The van der Waals surface area contributed by atoms with E-state index in [4.69, 9.17) is 0 Å². The first kappa shape index (κ1) is 8.20. The van der Waals surface area contributed by atoms with Crippen LogP contribution in [0.5, 0.6) is 0 Å². The molecule has 0 spiro atoms. The molecule has 1 aliphatic heterocycles. The van der Waals surface area contributed by atoms with Crippen molar-refractivity contribution in [1.29, 1.82) is 0 Å². The van der Waals surface area contributed by atoms with Crippen LogP contribution >= 0.6 is 15.9 Å². The van der Waals surface area contributed by atoms with E-state index in [2.05, 4.69) is 31.9 Å². The summed E-state index contributed by atoms with van der Waals surface area (Å²) in [5.41, 5.74) is 1.30. The molecule has 64 valence electrons. The van der Waals surface area contributed by atoms with Crippen LogP contribution in [0.15, 0.2) is 22.9 Å². The normalized spacial score (nSPS) is 17.4. The molecule has 1 fully saturated rings. The molecule has 1 saturated heterocycles. The summed E-state index contributed by atoms with van der Waals surface area (Å²) < 4.78 is 0.912. The number of pyridine rings is 1. The third-order valence-corrected chi connectivity index (χ3v) is 2.61. The molecule has 3 heteroatoms. The van der Waals surface area contributed by atoms with Gasteiger partial charge < -0.3 is 0 Å². The van der Waals surface area contributed by atoms with Gasteiger partial charge in [-0.2, -0.15) is 0 Å². The monoisotopic (exact) mass is 226 g/mol. The summed E-state index contributed by atoms with van der Waals surface area (Å²) in [4.78, 5) is 6.60. The summed E-state index contributed by atoms with van der Waals surface area (Å²) in [6.45, 7) is 3.55. The van der Waals surface area contributed by atoms with Gasteiger partial charge in [0.15, 0.2) is 0 Å². The smallest absolute Gasteiger partial charge is 0.106 e. The highest BCUT2D eigenvalue weighted by Crippen LogP contribution is 2.12. The lowest BCUT2D eigenvalue weighted by atomic mass is 10.2. The average molecular weight is 227 g/mol. The van der Waals surface area contributed by atoms with Crippen LogP contribution in [0.3, 0.4) is 0 Å². The molecule has 0 atom stereocenters. The zero-order chi connectivity index (χ0) is 8.39. The fourth-order valence-corrected chi connectivity index (χ4v) is 1.53. The first-order valence-corrected chi connectivity index (χ1v) is 4.97. The van der Waals surface area contributed by atoms with Gasteiger partial charge in [0.25, 0.3) is 0 Å². The SMILES string of the molecule is Brc1ccc(CN2CCC2)cn1. The van der Waals surface area contributed by atoms with E-state index in [1.54, 1.807) is 0 Å². The van der Waals surface area contributed by atoms with Crippen LogP contribution in [0.25, 0.3) is 0 Å². The van der Waals surface area contributed by atoms with Crippen molar-refractivity contribution in [3.63, 3.8) is 0 Å². The lowest BCUT2D eigenvalue weighted by molar-refractivity contribution is 0.172. The quantitative estimate of drug-likeness (QED) is 0.719. The average Bonchev–Trinajstić information content (AvgIpc) is 2.00. The van der Waals surface area contributed by atoms with Crippen LogP contribution in [0.2, 0.25) is 0 Å². The molecule has 2 heterocycles. The molecule has 0 unspecified atom stereocenters. The van der Waals surface area contributed by atoms with Crippen molar-refractivity contribution in [2.45, 2.75) is 13.0 Å². The second kappa shape index (κ2) is 3.54. The summed E-state index contributed by atoms with van der Waals surface area (Å²) in [7, 11) is 0. The van der Waals surface area contributed by atoms with E-state index in [1.807, 2.05) is 12.3 Å². The van der Waals surface area contributed by atoms with Gasteiger partial charge in [-0.05, 0) is 47.1 Å². The number of aromatic nitrogens is 1. The van der Waals surface area contributed by atoms with Gasteiger partial charge in [-0.15, -0.1) is 0 Å². The fraction of sp³-hybridized carbons (Fsp3) is 0.444. The highest BCUT2D eigenvalue weighted by Gasteiger charge is 2.13. The molecule has 0 amide bonds. The molecule has 1 aromatic heterocycles. The Hall–Kier alpha value is -0.410. The number of likely N-dealkylation sites (tertiary alicyclic amines) is 1. The van der Waals surface area contributed by atoms with Crippen molar-refractivity contribution in [2.24, 2.45) is 0 Å². The molecular weight excluding hydrogens is 216 g/mol. The Morgan fingerprint density at radius 3 is 2.75 bits per heavy atom. The number of hydrogen-bond donors (Lipinski definition) is 0. The molecule has 0 radical (unpaired) electrons. The van der Waals surface area contributed by atoms with Gasteiger partial charge in [-0.3, -0.25) is 4.90 Å². The van der Waals surface area contributed by atoms with Crippen molar-refractivity contribution >= 4 is 15.9 Å². The maximum Gasteiger partial charge on any atom is 0.106 e. The van der Waals surface area contributed by atoms with Gasteiger partial charge in [-0.25, -0.2) is 4.98 Å². The van der Waals surface area contributed by atoms with Crippen LogP contribution in [0.4, 0.5) is 0 Å². The Kier molecular flexibility index (Phi) is 2.42. The molecule has 1 aliphatic rings. The Morgan fingerprint density at radius 1 is 1.42 bits per heavy atom. The van der Waals surface area contributed by atoms with E-state index < -0.39 is 0 Å². The highest BCUT2D eigenvalue weighted by molar-refractivity contribution is 9.10. The van der Waals surface area contributed by atoms with Crippen molar-refractivity contribution in [3.05, 3.63) is 28.5 Å². The number of rotatable bonds is 2. The summed E-state index contributed by atoms with van der Waals surface area (Å²) in [6.07, 6.45) is 3.28. The number of hydrogen-bond acceptors (Lipinski definition) is 2. The summed E-state index contributed by atoms with van der Waals surface area (Å²) in [5.74, 6) is 0. The van der Waals surface area contributed by atoms with Gasteiger partial charge in [0.2, 0.25) is 0 Å². The van der Waals surface area contributed by atoms with Crippen LogP contribution in [0.1, 0.15) is 12.0 Å². The molecule has 0 aromatic carbocycles. The number of nitrogens with zero attached hydrogens (tertiary/aromatic N) is 2. The Labute approximate surface area is 80.7 Å². The Morgan fingerprint density at radius 2 is 2.25 bits per heavy atom. The third kappa shape index (κ3) is 1.84. The second-order valence-electron chi connectivity index (χ2n) is 3.12. The van der Waals surface area contributed by atoms with E-state index >= 15 is 0 Å². The maximum atomic E-state index is 4.18. The predicted molar refractivity (Wildman–Crippen MR) is 51.8 cm³/mol. The van der Waals surface area contributed by atoms with Gasteiger partial charge in [0, 0.05) is 12.7 Å². The largest absolute Gasteiger partial charge is 0.299 e. The number of halogens is 1. The van der Waals surface area contributed by atoms with Crippen LogP contribution in [-0.4, -0.2) is 23.0 Å². The van der Waals surface area contributed by atoms with E-state index in [9.17, 15) is 0 Å². The Bertz CT molecular complexity index is 254. The molecule has 0 saturated carbocycles. The molecule has 0 bridgehead atoms. The lowest BCUT2D eigenvalue weighted by Crippen LogP contribution is -2.36. The molecule has 0 N–H and O–H groups in total. The van der Waals surface area contributed by atoms with Gasteiger partial charge >= 0.3 is 0 Å². The molecule has 12 heavy (non-hydrogen) atoms. The molecule has 2 rings (SSSR count). The van der Waals surface area contributed by atoms with E-state index in [0.717, 1.165) is 11.1 Å². The van der Waals surface area contributed by atoms with Crippen molar-refractivity contribution < 1.29 is 0 Å². The third-order valence-electron chi connectivity index (χ3n) is 2.14. The zero-order valence-electron chi connectivity index (χ0n) is 6.83. The summed E-state index contributed by atoms with van der Waals surface area (Å²) in [5, 5.41) is 0. The zero-order valence-corrected chi connectivity index (χ0v) is 8.42. The van der Waals surface area contributed by atoms with Crippen molar-refractivity contribution in [3.8, 4) is 0 Å². The van der Waals surface area contributed by atoms with E-state index in [-0.39, 0.29) is 0 Å². The van der Waals surface area contributed by atoms with Crippen LogP contribution < -0.4 is 0 Å². The van der Waals surface area contributed by atoms with E-state index in [0.29, 0.717) is 0 Å². The van der Waals surface area contributed by atoms with Crippen LogP contribution in [0, 0.1) is 0 Å². The fourth-order valence-electron chi connectivity index (χ4n) is 1.30. The topological polar surface area (TPSA) is 16.1 Å². The molecule has 2 nitrogen and oxygen atoms in total. The minimum Gasteiger partial charge on any atom is -0.299 e. The first-order chi connectivity index (χ1) is 5.84. The minimum atomic E-state index is 0.912. The second-order valence-corrected chi connectivity index (χ2v) is 3.93. The summed E-state index contributed by atoms with van der Waals surface area (Å²) >= 11 is 3.32. The Balaban J connectivity index is 1.98. The van der Waals surface area contributed by atoms with Gasteiger partial charge in [-0.1, -0.05) is 6.07 Å². The molecular formula is C9H11BrN2. The summed E-state index contributed by atoms with van der Waals surface area (Å²) in [6, 6.07) is 4.12. The molecule has 0 aliphatic carbocycles. The standard InChI is InChI=1S/C9H11BrN2/c10-9-3-2-8(6-11-9)7-12-4-1-5-12/h2-3,6H,1,4-5,7H2. The van der Waals surface area contributed by atoms with Gasteiger partial charge in [0.05, 0.1) is 0 Å². The lowest BCUT2D eigenvalue weighted by Gasteiger charge is -2.30. The van der Waals surface area contributed by atoms with Crippen molar-refractivity contribution in [1.82, 2.24) is 9.88 Å². The predicted octanol–water partition coefficient (Wildman–Crippen LogP) is 2.05. The van der Waals surface area contributed by atoms with Gasteiger partial charge in [0.1, 0.15) is 4.60 Å².